The second-order valence-corrected chi connectivity index (χ2v) is 6.59. The van der Waals surface area contributed by atoms with Crippen LogP contribution >= 0.6 is 11.3 Å². The predicted octanol–water partition coefficient (Wildman–Crippen LogP) is 3.89. The molecule has 1 fully saturated rings. The SMILES string of the molecule is Cc1cccc(-c2nc(C3CCNCC3)sc2C)c1. The van der Waals surface area contributed by atoms with Gasteiger partial charge >= 0.3 is 0 Å². The molecule has 0 saturated carbocycles. The molecule has 0 bridgehead atoms. The maximum atomic E-state index is 4.94. The Bertz CT molecular complexity index is 568. The fourth-order valence-electron chi connectivity index (χ4n) is 2.72. The van der Waals surface area contributed by atoms with Crippen molar-refractivity contribution < 1.29 is 0 Å². The maximum Gasteiger partial charge on any atom is 0.0967 e. The van der Waals surface area contributed by atoms with Gasteiger partial charge in [-0.25, -0.2) is 4.98 Å². The molecular formula is C16H20N2S. The van der Waals surface area contributed by atoms with Crippen LogP contribution in [0, 0.1) is 13.8 Å². The Morgan fingerprint density at radius 1 is 1.21 bits per heavy atom. The van der Waals surface area contributed by atoms with Crippen LogP contribution < -0.4 is 5.32 Å². The van der Waals surface area contributed by atoms with E-state index < -0.39 is 0 Å². The minimum atomic E-state index is 0.656. The van der Waals surface area contributed by atoms with Gasteiger partial charge in [0.2, 0.25) is 0 Å². The summed E-state index contributed by atoms with van der Waals surface area (Å²) >= 11 is 1.88. The standard InChI is InChI=1S/C16H20N2S/c1-11-4-3-5-14(10-11)15-12(2)19-16(18-15)13-6-8-17-9-7-13/h3-5,10,13,17H,6-9H2,1-2H3. The van der Waals surface area contributed by atoms with Crippen molar-refractivity contribution in [2.45, 2.75) is 32.6 Å². The summed E-state index contributed by atoms with van der Waals surface area (Å²) in [7, 11) is 0. The number of hydrogen-bond acceptors (Lipinski definition) is 3. The number of hydrogen-bond donors (Lipinski definition) is 1. The normalized spacial score (nSPS) is 16.7. The lowest BCUT2D eigenvalue weighted by atomic mass is 9.99. The summed E-state index contributed by atoms with van der Waals surface area (Å²) in [6, 6.07) is 8.65. The highest BCUT2D eigenvalue weighted by Crippen LogP contribution is 2.34. The molecule has 3 heteroatoms. The summed E-state index contributed by atoms with van der Waals surface area (Å²) in [5.74, 6) is 0.656. The Hall–Kier alpha value is -1.19. The van der Waals surface area contributed by atoms with E-state index >= 15 is 0 Å². The third-order valence-electron chi connectivity index (χ3n) is 3.79. The Kier molecular flexibility index (Phi) is 3.67. The summed E-state index contributed by atoms with van der Waals surface area (Å²) in [6.45, 7) is 6.59. The lowest BCUT2D eigenvalue weighted by Crippen LogP contribution is -2.26. The molecule has 2 heterocycles. The Morgan fingerprint density at radius 2 is 2.00 bits per heavy atom. The Balaban J connectivity index is 1.92. The third-order valence-corrected chi connectivity index (χ3v) is 4.93. The summed E-state index contributed by atoms with van der Waals surface area (Å²) in [6.07, 6.45) is 2.44. The summed E-state index contributed by atoms with van der Waals surface area (Å²) in [5, 5.41) is 4.75. The zero-order chi connectivity index (χ0) is 13.2. The highest BCUT2D eigenvalue weighted by atomic mass is 32.1. The van der Waals surface area contributed by atoms with Crippen molar-refractivity contribution in [3.8, 4) is 11.3 Å². The fraction of sp³-hybridized carbons (Fsp3) is 0.438. The van der Waals surface area contributed by atoms with Gasteiger partial charge in [-0.05, 0) is 45.8 Å². The number of rotatable bonds is 2. The van der Waals surface area contributed by atoms with Crippen molar-refractivity contribution >= 4 is 11.3 Å². The van der Waals surface area contributed by atoms with Gasteiger partial charge in [-0.3, -0.25) is 0 Å². The average Bonchev–Trinajstić information content (AvgIpc) is 2.82. The van der Waals surface area contributed by atoms with Gasteiger partial charge in [0, 0.05) is 16.4 Å². The van der Waals surface area contributed by atoms with Gasteiger partial charge in [0.05, 0.1) is 10.7 Å². The maximum absolute atomic E-state index is 4.94. The summed E-state index contributed by atoms with van der Waals surface area (Å²) in [5.41, 5.74) is 3.74. The molecule has 1 aromatic carbocycles. The van der Waals surface area contributed by atoms with Gasteiger partial charge in [0.1, 0.15) is 0 Å². The molecule has 1 N–H and O–H groups in total. The molecule has 0 unspecified atom stereocenters. The van der Waals surface area contributed by atoms with E-state index in [9.17, 15) is 0 Å². The summed E-state index contributed by atoms with van der Waals surface area (Å²) < 4.78 is 0. The monoisotopic (exact) mass is 272 g/mol. The van der Waals surface area contributed by atoms with E-state index in [0.29, 0.717) is 5.92 Å². The van der Waals surface area contributed by atoms with E-state index in [1.54, 1.807) is 0 Å². The topological polar surface area (TPSA) is 24.9 Å². The van der Waals surface area contributed by atoms with E-state index in [1.807, 2.05) is 11.3 Å². The molecule has 1 aliphatic rings. The molecule has 1 saturated heterocycles. The van der Waals surface area contributed by atoms with Crippen molar-refractivity contribution in [2.24, 2.45) is 0 Å². The van der Waals surface area contributed by atoms with Crippen LogP contribution in [0.1, 0.15) is 34.2 Å². The molecule has 100 valence electrons. The van der Waals surface area contributed by atoms with Gasteiger partial charge in [0.15, 0.2) is 0 Å². The van der Waals surface area contributed by atoms with E-state index in [0.717, 1.165) is 13.1 Å². The molecular weight excluding hydrogens is 252 g/mol. The smallest absolute Gasteiger partial charge is 0.0967 e. The molecule has 0 aliphatic carbocycles. The number of nitrogens with one attached hydrogen (secondary N) is 1. The van der Waals surface area contributed by atoms with Gasteiger partial charge < -0.3 is 5.32 Å². The van der Waals surface area contributed by atoms with Gasteiger partial charge in [-0.1, -0.05) is 23.8 Å². The molecule has 0 spiro atoms. The number of benzene rings is 1. The Morgan fingerprint density at radius 3 is 2.74 bits per heavy atom. The van der Waals surface area contributed by atoms with Crippen molar-refractivity contribution in [1.82, 2.24) is 10.3 Å². The zero-order valence-corrected chi connectivity index (χ0v) is 12.4. The van der Waals surface area contributed by atoms with Crippen molar-refractivity contribution in [3.05, 3.63) is 39.7 Å². The van der Waals surface area contributed by atoms with Crippen LogP contribution in [-0.4, -0.2) is 18.1 Å². The molecule has 2 aromatic rings. The van der Waals surface area contributed by atoms with Gasteiger partial charge in [-0.15, -0.1) is 11.3 Å². The van der Waals surface area contributed by atoms with E-state index in [2.05, 4.69) is 43.4 Å². The molecule has 0 atom stereocenters. The van der Waals surface area contributed by atoms with Crippen LogP contribution in [-0.2, 0) is 0 Å². The lowest BCUT2D eigenvalue weighted by Gasteiger charge is -2.20. The molecule has 1 aromatic heterocycles. The van der Waals surface area contributed by atoms with E-state index in [4.69, 9.17) is 4.98 Å². The quantitative estimate of drug-likeness (QED) is 0.897. The molecule has 19 heavy (non-hydrogen) atoms. The van der Waals surface area contributed by atoms with Crippen LogP contribution in [0.15, 0.2) is 24.3 Å². The number of aromatic nitrogens is 1. The predicted molar refractivity (Wildman–Crippen MR) is 81.9 cm³/mol. The average molecular weight is 272 g/mol. The Labute approximate surface area is 118 Å². The fourth-order valence-corrected chi connectivity index (χ4v) is 3.83. The minimum absolute atomic E-state index is 0.656. The van der Waals surface area contributed by atoms with Crippen molar-refractivity contribution in [1.29, 1.82) is 0 Å². The van der Waals surface area contributed by atoms with Crippen LogP contribution in [0.4, 0.5) is 0 Å². The molecule has 2 nitrogen and oxygen atoms in total. The van der Waals surface area contributed by atoms with Crippen LogP contribution in [0.3, 0.4) is 0 Å². The van der Waals surface area contributed by atoms with Crippen molar-refractivity contribution in [2.75, 3.05) is 13.1 Å². The molecule has 0 amide bonds. The third kappa shape index (κ3) is 2.72. The first-order valence-electron chi connectivity index (χ1n) is 6.99. The highest BCUT2D eigenvalue weighted by molar-refractivity contribution is 7.12. The van der Waals surface area contributed by atoms with E-state index in [-0.39, 0.29) is 0 Å². The second-order valence-electron chi connectivity index (χ2n) is 5.35. The lowest BCUT2D eigenvalue weighted by molar-refractivity contribution is 0.459. The molecule has 0 radical (unpaired) electrons. The van der Waals surface area contributed by atoms with Crippen LogP contribution in [0.5, 0.6) is 0 Å². The number of thiazole rings is 1. The van der Waals surface area contributed by atoms with E-state index in [1.165, 1.54) is 39.5 Å². The second kappa shape index (κ2) is 5.43. The molecule has 3 rings (SSSR count). The van der Waals surface area contributed by atoms with Crippen LogP contribution in [0.2, 0.25) is 0 Å². The largest absolute Gasteiger partial charge is 0.317 e. The van der Waals surface area contributed by atoms with Gasteiger partial charge in [0.25, 0.3) is 0 Å². The van der Waals surface area contributed by atoms with Crippen molar-refractivity contribution in [3.63, 3.8) is 0 Å². The summed E-state index contributed by atoms with van der Waals surface area (Å²) in [4.78, 5) is 6.28. The number of nitrogens with zero attached hydrogens (tertiary/aromatic N) is 1. The number of piperidine rings is 1. The first-order valence-corrected chi connectivity index (χ1v) is 7.81. The number of aryl methyl sites for hydroxylation is 2. The van der Waals surface area contributed by atoms with Crippen LogP contribution in [0.25, 0.3) is 11.3 Å². The first-order chi connectivity index (χ1) is 9.24. The first kappa shape index (κ1) is 12.8. The molecule has 1 aliphatic heterocycles. The minimum Gasteiger partial charge on any atom is -0.317 e. The van der Waals surface area contributed by atoms with Gasteiger partial charge in [-0.2, -0.15) is 0 Å². The zero-order valence-electron chi connectivity index (χ0n) is 11.6. The highest BCUT2D eigenvalue weighted by Gasteiger charge is 2.20.